The molecule has 0 radical (unpaired) electrons. The number of hydrogen-bond acceptors (Lipinski definition) is 4. The van der Waals surface area contributed by atoms with E-state index in [4.69, 9.17) is 10.8 Å². The van der Waals surface area contributed by atoms with Gasteiger partial charge in [-0.2, -0.15) is 0 Å². The molecule has 1 aromatic carbocycles. The van der Waals surface area contributed by atoms with Crippen molar-refractivity contribution in [2.24, 2.45) is 0 Å². The molecule has 20 heavy (non-hydrogen) atoms. The van der Waals surface area contributed by atoms with Crippen LogP contribution >= 0.6 is 0 Å². The molecule has 6 heteroatoms. The molecule has 0 amide bonds. The van der Waals surface area contributed by atoms with Crippen molar-refractivity contribution < 1.29 is 13.5 Å². The van der Waals surface area contributed by atoms with Crippen LogP contribution in [-0.2, 0) is 10.0 Å². The third kappa shape index (κ3) is 3.71. The number of rotatable bonds is 6. The Bertz CT molecular complexity index is 561. The number of aliphatic hydroxyl groups is 1. The van der Waals surface area contributed by atoms with Crippen molar-refractivity contribution >= 4 is 15.7 Å². The van der Waals surface area contributed by atoms with E-state index in [9.17, 15) is 8.42 Å². The molecule has 5 nitrogen and oxygen atoms in total. The minimum Gasteiger partial charge on any atom is -0.398 e. The van der Waals surface area contributed by atoms with Gasteiger partial charge in [0.15, 0.2) is 0 Å². The lowest BCUT2D eigenvalue weighted by atomic mass is 9.97. The van der Waals surface area contributed by atoms with E-state index in [0.29, 0.717) is 18.5 Å². The van der Waals surface area contributed by atoms with Gasteiger partial charge in [0.2, 0.25) is 10.0 Å². The van der Waals surface area contributed by atoms with Crippen molar-refractivity contribution in [1.29, 1.82) is 0 Å². The molecule has 0 aliphatic carbocycles. The van der Waals surface area contributed by atoms with Crippen LogP contribution in [0.3, 0.4) is 0 Å². The number of nitrogen functional groups attached to an aromatic ring is 1. The zero-order chi connectivity index (χ0) is 15.6. The van der Waals surface area contributed by atoms with Gasteiger partial charge in [0, 0.05) is 17.8 Å². The van der Waals surface area contributed by atoms with Gasteiger partial charge in [0.25, 0.3) is 0 Å². The van der Waals surface area contributed by atoms with Gasteiger partial charge < -0.3 is 10.8 Å². The topological polar surface area (TPSA) is 92.4 Å². The fraction of sp³-hybridized carbons (Fsp3) is 0.571. The number of sulfonamides is 1. The fourth-order valence-electron chi connectivity index (χ4n) is 1.94. The molecule has 1 unspecified atom stereocenters. The van der Waals surface area contributed by atoms with E-state index in [1.807, 2.05) is 20.8 Å². The summed E-state index contributed by atoms with van der Waals surface area (Å²) in [6.45, 7) is 7.29. The second kappa shape index (κ2) is 6.11. The highest BCUT2D eigenvalue weighted by Crippen LogP contribution is 2.24. The van der Waals surface area contributed by atoms with Gasteiger partial charge in [-0.15, -0.1) is 0 Å². The van der Waals surface area contributed by atoms with Crippen molar-refractivity contribution in [3.8, 4) is 0 Å². The molecule has 0 saturated carbocycles. The van der Waals surface area contributed by atoms with Crippen molar-refractivity contribution in [1.82, 2.24) is 4.72 Å². The normalized spacial score (nSPS) is 15.1. The Morgan fingerprint density at radius 3 is 2.40 bits per heavy atom. The standard InChI is InChI=1S/C14H24N2O3S/c1-5-14(4,6-7-17)16-20(18,19)12-8-10(2)11(3)13(15)9-12/h8-9,16-17H,5-7,15H2,1-4H3. The molecule has 1 atom stereocenters. The summed E-state index contributed by atoms with van der Waals surface area (Å²) in [4.78, 5) is 0.163. The molecular formula is C14H24N2O3S. The molecule has 0 aliphatic heterocycles. The zero-order valence-corrected chi connectivity index (χ0v) is 13.3. The first kappa shape index (κ1) is 16.9. The Balaban J connectivity index is 3.18. The fourth-order valence-corrected chi connectivity index (χ4v) is 3.56. The molecule has 1 rings (SSSR count). The quantitative estimate of drug-likeness (QED) is 0.697. The summed E-state index contributed by atoms with van der Waals surface area (Å²) in [6, 6.07) is 3.09. The second-order valence-electron chi connectivity index (χ2n) is 5.45. The van der Waals surface area contributed by atoms with Gasteiger partial charge in [-0.05, 0) is 56.9 Å². The SMILES string of the molecule is CCC(C)(CCO)NS(=O)(=O)c1cc(C)c(C)c(N)c1. The predicted octanol–water partition coefficient (Wildman–Crippen LogP) is 1.72. The summed E-state index contributed by atoms with van der Waals surface area (Å²) < 4.78 is 27.6. The number of aryl methyl sites for hydroxylation is 1. The van der Waals surface area contributed by atoms with Crippen LogP contribution in [0.1, 0.15) is 37.8 Å². The highest BCUT2D eigenvalue weighted by atomic mass is 32.2. The second-order valence-corrected chi connectivity index (χ2v) is 7.13. The maximum absolute atomic E-state index is 12.4. The number of hydrogen-bond donors (Lipinski definition) is 3. The molecule has 114 valence electrons. The van der Waals surface area contributed by atoms with Crippen LogP contribution in [0.25, 0.3) is 0 Å². The molecular weight excluding hydrogens is 276 g/mol. The Hall–Kier alpha value is -1.11. The highest BCUT2D eigenvalue weighted by molar-refractivity contribution is 7.89. The summed E-state index contributed by atoms with van der Waals surface area (Å²) in [5, 5.41) is 9.07. The van der Waals surface area contributed by atoms with E-state index >= 15 is 0 Å². The molecule has 0 saturated heterocycles. The highest BCUT2D eigenvalue weighted by Gasteiger charge is 2.29. The monoisotopic (exact) mass is 300 g/mol. The van der Waals surface area contributed by atoms with Crippen LogP contribution in [0.5, 0.6) is 0 Å². The number of benzene rings is 1. The number of anilines is 1. The minimum absolute atomic E-state index is 0.0675. The maximum Gasteiger partial charge on any atom is 0.241 e. The van der Waals surface area contributed by atoms with Crippen LogP contribution < -0.4 is 10.5 Å². The molecule has 4 N–H and O–H groups in total. The van der Waals surface area contributed by atoms with Crippen LogP contribution in [0, 0.1) is 13.8 Å². The number of aliphatic hydroxyl groups excluding tert-OH is 1. The van der Waals surface area contributed by atoms with Gasteiger partial charge >= 0.3 is 0 Å². The third-order valence-corrected chi connectivity index (χ3v) is 5.43. The Morgan fingerprint density at radius 2 is 1.95 bits per heavy atom. The van der Waals surface area contributed by atoms with Crippen LogP contribution in [0.2, 0.25) is 0 Å². The molecule has 0 aromatic heterocycles. The van der Waals surface area contributed by atoms with Gasteiger partial charge in [-0.1, -0.05) is 6.92 Å². The molecule has 0 fully saturated rings. The van der Waals surface area contributed by atoms with Gasteiger partial charge in [0.05, 0.1) is 4.90 Å². The van der Waals surface area contributed by atoms with Gasteiger partial charge in [-0.3, -0.25) is 0 Å². The Kier molecular flexibility index (Phi) is 5.18. The average molecular weight is 300 g/mol. The molecule has 0 bridgehead atoms. The lowest BCUT2D eigenvalue weighted by molar-refractivity contribution is 0.233. The minimum atomic E-state index is -3.66. The molecule has 0 aliphatic rings. The molecule has 0 heterocycles. The number of nitrogens with two attached hydrogens (primary N) is 1. The molecule has 1 aromatic rings. The Morgan fingerprint density at radius 1 is 1.35 bits per heavy atom. The van der Waals surface area contributed by atoms with Crippen molar-refractivity contribution in [2.45, 2.75) is 51.0 Å². The van der Waals surface area contributed by atoms with Crippen LogP contribution in [-0.4, -0.2) is 25.7 Å². The van der Waals surface area contributed by atoms with E-state index in [2.05, 4.69) is 4.72 Å². The average Bonchev–Trinajstić information content (AvgIpc) is 2.35. The molecule has 0 spiro atoms. The summed E-state index contributed by atoms with van der Waals surface area (Å²) in [5.74, 6) is 0. The van der Waals surface area contributed by atoms with E-state index in [0.717, 1.165) is 11.1 Å². The van der Waals surface area contributed by atoms with Crippen molar-refractivity contribution in [3.63, 3.8) is 0 Å². The maximum atomic E-state index is 12.4. The first-order valence-corrected chi connectivity index (χ1v) is 8.15. The lowest BCUT2D eigenvalue weighted by Gasteiger charge is -2.28. The third-order valence-electron chi connectivity index (χ3n) is 3.82. The summed E-state index contributed by atoms with van der Waals surface area (Å²) in [6.07, 6.45) is 0.955. The summed E-state index contributed by atoms with van der Waals surface area (Å²) >= 11 is 0. The van der Waals surface area contributed by atoms with Crippen molar-refractivity contribution in [3.05, 3.63) is 23.3 Å². The van der Waals surface area contributed by atoms with Gasteiger partial charge in [0.1, 0.15) is 0 Å². The largest absolute Gasteiger partial charge is 0.398 e. The lowest BCUT2D eigenvalue weighted by Crippen LogP contribution is -2.46. The van der Waals surface area contributed by atoms with E-state index in [1.165, 1.54) is 6.07 Å². The van der Waals surface area contributed by atoms with E-state index in [-0.39, 0.29) is 11.5 Å². The van der Waals surface area contributed by atoms with Crippen LogP contribution in [0.15, 0.2) is 17.0 Å². The van der Waals surface area contributed by atoms with Crippen LogP contribution in [0.4, 0.5) is 5.69 Å². The van der Waals surface area contributed by atoms with E-state index in [1.54, 1.807) is 13.0 Å². The summed E-state index contributed by atoms with van der Waals surface area (Å²) in [7, 11) is -3.66. The predicted molar refractivity (Wildman–Crippen MR) is 81.0 cm³/mol. The first-order valence-electron chi connectivity index (χ1n) is 6.67. The zero-order valence-electron chi connectivity index (χ0n) is 12.5. The first-order chi connectivity index (χ1) is 9.15. The van der Waals surface area contributed by atoms with Crippen molar-refractivity contribution in [2.75, 3.05) is 12.3 Å². The number of nitrogens with one attached hydrogen (secondary N) is 1. The Labute approximate surface area is 121 Å². The van der Waals surface area contributed by atoms with Gasteiger partial charge in [-0.25, -0.2) is 13.1 Å². The smallest absolute Gasteiger partial charge is 0.241 e. The van der Waals surface area contributed by atoms with E-state index < -0.39 is 15.6 Å². The summed E-state index contributed by atoms with van der Waals surface area (Å²) in [5.41, 5.74) is 7.36.